The van der Waals surface area contributed by atoms with Crippen LogP contribution in [0.4, 0.5) is 10.1 Å². The number of benzene rings is 1. The molecule has 0 aliphatic carbocycles. The summed E-state index contributed by atoms with van der Waals surface area (Å²) in [4.78, 5) is 15.9. The second-order valence-electron chi connectivity index (χ2n) is 4.92. The van der Waals surface area contributed by atoms with Crippen molar-refractivity contribution in [2.45, 2.75) is 6.04 Å². The summed E-state index contributed by atoms with van der Waals surface area (Å²) in [5.41, 5.74) is 5.48. The average Bonchev–Trinajstić information content (AvgIpc) is 2.42. The van der Waals surface area contributed by atoms with E-state index in [2.05, 4.69) is 0 Å². The second-order valence-corrected chi connectivity index (χ2v) is 5.35. The van der Waals surface area contributed by atoms with Gasteiger partial charge < -0.3 is 15.7 Å². The van der Waals surface area contributed by atoms with Gasteiger partial charge in [0.1, 0.15) is 5.82 Å². The molecule has 1 heterocycles. The maximum Gasteiger partial charge on any atom is 0.256 e. The number of halogens is 2. The van der Waals surface area contributed by atoms with E-state index in [1.165, 1.54) is 6.07 Å². The number of amides is 1. The standard InChI is InChI=1S/C13H17ClFN3O2/c1-17-2-3-18(6-9(17)7-19)13(20)10-4-8(14)5-11(15)12(10)16/h4-5,9,19H,2-3,6-7,16H2,1H3/t9-/m1/s1. The molecule has 7 heteroatoms. The first kappa shape index (κ1) is 15.0. The number of carbonyl (C=O) groups is 1. The highest BCUT2D eigenvalue weighted by molar-refractivity contribution is 6.31. The molecule has 1 atom stereocenters. The van der Waals surface area contributed by atoms with Crippen LogP contribution in [0.2, 0.25) is 5.02 Å². The summed E-state index contributed by atoms with van der Waals surface area (Å²) in [6.45, 7) is 1.47. The molecule has 3 N–H and O–H groups in total. The first-order valence-electron chi connectivity index (χ1n) is 6.29. The van der Waals surface area contributed by atoms with Crippen molar-refractivity contribution in [1.82, 2.24) is 9.80 Å². The first-order chi connectivity index (χ1) is 9.43. The molecular formula is C13H17ClFN3O2. The number of piperazine rings is 1. The van der Waals surface area contributed by atoms with Crippen LogP contribution in [0.5, 0.6) is 0 Å². The molecule has 1 aliphatic rings. The Morgan fingerprint density at radius 3 is 2.90 bits per heavy atom. The van der Waals surface area contributed by atoms with E-state index in [9.17, 15) is 14.3 Å². The molecule has 0 spiro atoms. The molecule has 1 aromatic rings. The molecule has 5 nitrogen and oxygen atoms in total. The summed E-state index contributed by atoms with van der Waals surface area (Å²) >= 11 is 5.77. The molecule has 1 saturated heterocycles. The quantitative estimate of drug-likeness (QED) is 0.793. The van der Waals surface area contributed by atoms with Gasteiger partial charge in [-0.3, -0.25) is 9.69 Å². The smallest absolute Gasteiger partial charge is 0.256 e. The highest BCUT2D eigenvalue weighted by atomic mass is 35.5. The van der Waals surface area contributed by atoms with E-state index in [-0.39, 0.29) is 34.8 Å². The van der Waals surface area contributed by atoms with Crippen LogP contribution in [-0.2, 0) is 0 Å². The van der Waals surface area contributed by atoms with Crippen LogP contribution < -0.4 is 5.73 Å². The Balaban J connectivity index is 2.24. The number of aliphatic hydroxyl groups excluding tert-OH is 1. The predicted molar refractivity (Wildman–Crippen MR) is 75.2 cm³/mol. The normalized spacial score (nSPS) is 20.2. The minimum Gasteiger partial charge on any atom is -0.396 e. The molecule has 0 aromatic heterocycles. The van der Waals surface area contributed by atoms with Crippen molar-refractivity contribution in [2.24, 2.45) is 0 Å². The highest BCUT2D eigenvalue weighted by Crippen LogP contribution is 2.24. The van der Waals surface area contributed by atoms with Crippen LogP contribution in [0, 0.1) is 5.82 Å². The van der Waals surface area contributed by atoms with E-state index in [1.807, 2.05) is 11.9 Å². The van der Waals surface area contributed by atoms with E-state index in [4.69, 9.17) is 17.3 Å². The van der Waals surface area contributed by atoms with Crippen molar-refractivity contribution in [1.29, 1.82) is 0 Å². The number of rotatable bonds is 2. The van der Waals surface area contributed by atoms with Gasteiger partial charge in [-0.15, -0.1) is 0 Å². The fourth-order valence-corrected chi connectivity index (χ4v) is 2.46. The molecule has 110 valence electrons. The Bertz CT molecular complexity index is 527. The highest BCUT2D eigenvalue weighted by Gasteiger charge is 2.28. The van der Waals surface area contributed by atoms with Crippen LogP contribution in [0.15, 0.2) is 12.1 Å². The largest absolute Gasteiger partial charge is 0.396 e. The van der Waals surface area contributed by atoms with Crippen LogP contribution in [0.1, 0.15) is 10.4 Å². The van der Waals surface area contributed by atoms with Gasteiger partial charge in [0.2, 0.25) is 0 Å². The summed E-state index contributed by atoms with van der Waals surface area (Å²) in [5.74, 6) is -1.07. The lowest BCUT2D eigenvalue weighted by atomic mass is 10.1. The molecule has 0 bridgehead atoms. The molecule has 2 rings (SSSR count). The fraction of sp³-hybridized carbons (Fsp3) is 0.462. The summed E-state index contributed by atoms with van der Waals surface area (Å²) in [6.07, 6.45) is 0. The maximum absolute atomic E-state index is 13.5. The average molecular weight is 302 g/mol. The van der Waals surface area contributed by atoms with E-state index in [0.29, 0.717) is 19.6 Å². The fourth-order valence-electron chi connectivity index (χ4n) is 2.26. The van der Waals surface area contributed by atoms with Gasteiger partial charge in [0.15, 0.2) is 0 Å². The van der Waals surface area contributed by atoms with Crippen molar-refractivity contribution in [2.75, 3.05) is 39.0 Å². The van der Waals surface area contributed by atoms with Gasteiger partial charge in [-0.1, -0.05) is 11.6 Å². The number of hydrogen-bond acceptors (Lipinski definition) is 4. The van der Waals surface area contributed by atoms with Gasteiger partial charge in [-0.25, -0.2) is 4.39 Å². The van der Waals surface area contributed by atoms with Crippen LogP contribution in [0.25, 0.3) is 0 Å². The van der Waals surface area contributed by atoms with Crippen molar-refractivity contribution in [3.8, 4) is 0 Å². The zero-order valence-corrected chi connectivity index (χ0v) is 11.9. The molecule has 1 aliphatic heterocycles. The van der Waals surface area contributed by atoms with Crippen LogP contribution >= 0.6 is 11.6 Å². The molecule has 20 heavy (non-hydrogen) atoms. The molecule has 0 saturated carbocycles. The number of likely N-dealkylation sites (N-methyl/N-ethyl adjacent to an activating group) is 1. The number of anilines is 1. The first-order valence-corrected chi connectivity index (χ1v) is 6.66. The van der Waals surface area contributed by atoms with E-state index in [1.54, 1.807) is 4.90 Å². The Morgan fingerprint density at radius 1 is 1.55 bits per heavy atom. The molecule has 1 amide bonds. The van der Waals surface area contributed by atoms with Gasteiger partial charge in [0.05, 0.1) is 23.9 Å². The van der Waals surface area contributed by atoms with Crippen molar-refractivity contribution < 1.29 is 14.3 Å². The number of nitrogen functional groups attached to an aromatic ring is 1. The minimum absolute atomic E-state index is 0.0420. The summed E-state index contributed by atoms with van der Waals surface area (Å²) < 4.78 is 13.5. The Kier molecular flexibility index (Phi) is 4.47. The number of nitrogens with two attached hydrogens (primary N) is 1. The van der Waals surface area contributed by atoms with Gasteiger partial charge in [-0.2, -0.15) is 0 Å². The lowest BCUT2D eigenvalue weighted by molar-refractivity contribution is 0.0421. The van der Waals surface area contributed by atoms with Crippen molar-refractivity contribution in [3.05, 3.63) is 28.5 Å². The number of nitrogens with zero attached hydrogens (tertiary/aromatic N) is 2. The molecule has 0 unspecified atom stereocenters. The van der Waals surface area contributed by atoms with Crippen molar-refractivity contribution in [3.63, 3.8) is 0 Å². The van der Waals surface area contributed by atoms with Gasteiger partial charge in [0.25, 0.3) is 5.91 Å². The van der Waals surface area contributed by atoms with Gasteiger partial charge in [-0.05, 0) is 19.2 Å². The number of aliphatic hydroxyl groups is 1. The Morgan fingerprint density at radius 2 is 2.25 bits per heavy atom. The van der Waals surface area contributed by atoms with Crippen molar-refractivity contribution >= 4 is 23.2 Å². The Labute approximate surface area is 121 Å². The molecule has 1 aromatic carbocycles. The molecular weight excluding hydrogens is 285 g/mol. The third-order valence-corrected chi connectivity index (χ3v) is 3.82. The lowest BCUT2D eigenvalue weighted by Crippen LogP contribution is -2.54. The Hall–Kier alpha value is -1.37. The third kappa shape index (κ3) is 2.87. The number of carbonyl (C=O) groups excluding carboxylic acids is 1. The molecule has 0 radical (unpaired) electrons. The van der Waals surface area contributed by atoms with E-state index >= 15 is 0 Å². The van der Waals surface area contributed by atoms with Crippen LogP contribution in [-0.4, -0.2) is 60.1 Å². The summed E-state index contributed by atoms with van der Waals surface area (Å²) in [6, 6.07) is 2.32. The third-order valence-electron chi connectivity index (χ3n) is 3.60. The van der Waals surface area contributed by atoms with Gasteiger partial charge in [0, 0.05) is 24.7 Å². The zero-order valence-electron chi connectivity index (χ0n) is 11.1. The van der Waals surface area contributed by atoms with Gasteiger partial charge >= 0.3 is 0 Å². The second kappa shape index (κ2) is 5.95. The topological polar surface area (TPSA) is 69.8 Å². The number of hydrogen-bond donors (Lipinski definition) is 2. The maximum atomic E-state index is 13.5. The SMILES string of the molecule is CN1CCN(C(=O)c2cc(Cl)cc(F)c2N)C[C@@H]1CO. The monoisotopic (exact) mass is 301 g/mol. The van der Waals surface area contributed by atoms with E-state index in [0.717, 1.165) is 6.07 Å². The molecule has 1 fully saturated rings. The summed E-state index contributed by atoms with van der Waals surface area (Å²) in [5, 5.41) is 9.42. The zero-order chi connectivity index (χ0) is 14.9. The van der Waals surface area contributed by atoms with E-state index < -0.39 is 5.82 Å². The minimum atomic E-state index is -0.700. The predicted octanol–water partition coefficient (Wildman–Crippen LogP) is 0.810. The lowest BCUT2D eigenvalue weighted by Gasteiger charge is -2.38. The summed E-state index contributed by atoms with van der Waals surface area (Å²) in [7, 11) is 1.89. The van der Waals surface area contributed by atoms with Crippen LogP contribution in [0.3, 0.4) is 0 Å².